The molecule has 1 heterocycles. The number of benzene rings is 2. The molecule has 1 fully saturated rings. The van der Waals surface area contributed by atoms with Crippen molar-refractivity contribution in [2.45, 2.75) is 38.0 Å². The van der Waals surface area contributed by atoms with E-state index in [0.717, 1.165) is 46.0 Å². The summed E-state index contributed by atoms with van der Waals surface area (Å²) < 4.78 is 8.67. The smallest absolute Gasteiger partial charge is 0.282 e. The Morgan fingerprint density at radius 1 is 1.10 bits per heavy atom. The first-order valence-corrected chi connectivity index (χ1v) is 11.3. The highest BCUT2D eigenvalue weighted by Crippen LogP contribution is 2.32. The number of hydrogen-bond acceptors (Lipinski definition) is 4. The van der Waals surface area contributed by atoms with Gasteiger partial charge in [-0.05, 0) is 49.2 Å². The number of hydrogen-bond donors (Lipinski definition) is 0. The summed E-state index contributed by atoms with van der Waals surface area (Å²) in [6, 6.07) is 11.3. The third-order valence-electron chi connectivity index (χ3n) is 5.31. The van der Waals surface area contributed by atoms with Crippen molar-refractivity contribution < 1.29 is 4.74 Å². The molecule has 29 heavy (non-hydrogen) atoms. The molecule has 0 amide bonds. The molecule has 1 aliphatic rings. The van der Waals surface area contributed by atoms with Crippen LogP contribution in [-0.4, -0.2) is 23.0 Å². The van der Waals surface area contributed by atoms with Crippen molar-refractivity contribution in [2.75, 3.05) is 7.11 Å². The van der Waals surface area contributed by atoms with Gasteiger partial charge in [0, 0.05) is 20.4 Å². The second kappa shape index (κ2) is 8.79. The molecular formula is C22H21Br2N3O2. The van der Waals surface area contributed by atoms with Crippen LogP contribution in [0.25, 0.3) is 10.9 Å². The highest BCUT2D eigenvalue weighted by Gasteiger charge is 2.22. The van der Waals surface area contributed by atoms with E-state index in [1.165, 1.54) is 11.1 Å². The fourth-order valence-corrected chi connectivity index (χ4v) is 4.57. The van der Waals surface area contributed by atoms with Crippen molar-refractivity contribution in [2.24, 2.45) is 5.10 Å². The molecule has 3 aromatic rings. The van der Waals surface area contributed by atoms with Crippen LogP contribution < -0.4 is 10.3 Å². The lowest BCUT2D eigenvalue weighted by atomic mass is 9.88. The van der Waals surface area contributed by atoms with Crippen LogP contribution in [0.4, 0.5) is 0 Å². The van der Waals surface area contributed by atoms with E-state index in [1.54, 1.807) is 19.4 Å². The predicted molar refractivity (Wildman–Crippen MR) is 123 cm³/mol. The Labute approximate surface area is 186 Å². The minimum absolute atomic E-state index is 0.151. The zero-order chi connectivity index (χ0) is 20.4. The summed E-state index contributed by atoms with van der Waals surface area (Å²) >= 11 is 6.93. The highest BCUT2D eigenvalue weighted by atomic mass is 79.9. The third-order valence-corrected chi connectivity index (χ3v) is 6.29. The van der Waals surface area contributed by atoms with Crippen LogP contribution >= 0.6 is 31.9 Å². The van der Waals surface area contributed by atoms with Gasteiger partial charge in [-0.2, -0.15) is 9.78 Å². The first-order valence-electron chi connectivity index (χ1n) is 9.67. The monoisotopic (exact) mass is 517 g/mol. The standard InChI is InChI=1S/C22H21Br2N3O2/c1-29-20-10-8-16(23)11-15(20)13-25-27-21(14-5-3-2-4-6-14)26-19-9-7-17(24)12-18(19)22(27)28/h7-14H,2-6H2,1H3. The Balaban J connectivity index is 1.88. The van der Waals surface area contributed by atoms with Crippen molar-refractivity contribution in [3.05, 3.63) is 67.1 Å². The van der Waals surface area contributed by atoms with E-state index >= 15 is 0 Å². The zero-order valence-corrected chi connectivity index (χ0v) is 19.2. The molecule has 150 valence electrons. The molecule has 0 atom stereocenters. The van der Waals surface area contributed by atoms with E-state index in [9.17, 15) is 4.79 Å². The minimum Gasteiger partial charge on any atom is -0.496 e. The highest BCUT2D eigenvalue weighted by molar-refractivity contribution is 9.10. The van der Waals surface area contributed by atoms with Gasteiger partial charge in [0.2, 0.25) is 0 Å². The number of rotatable bonds is 4. The van der Waals surface area contributed by atoms with Crippen LogP contribution in [0.3, 0.4) is 0 Å². The maximum absolute atomic E-state index is 13.3. The molecule has 0 spiro atoms. The van der Waals surface area contributed by atoms with Crippen LogP contribution in [0.5, 0.6) is 5.75 Å². The van der Waals surface area contributed by atoms with Crippen molar-refractivity contribution >= 4 is 49.0 Å². The van der Waals surface area contributed by atoms with Gasteiger partial charge in [-0.15, -0.1) is 0 Å². The molecule has 0 aliphatic heterocycles. The molecule has 2 aromatic carbocycles. The van der Waals surface area contributed by atoms with Gasteiger partial charge < -0.3 is 4.74 Å². The first-order chi connectivity index (χ1) is 14.1. The van der Waals surface area contributed by atoms with E-state index in [-0.39, 0.29) is 11.5 Å². The topological polar surface area (TPSA) is 56.5 Å². The molecule has 5 nitrogen and oxygen atoms in total. The molecule has 0 saturated heterocycles. The van der Waals surface area contributed by atoms with Crippen molar-refractivity contribution in [3.63, 3.8) is 0 Å². The van der Waals surface area contributed by atoms with E-state index in [0.29, 0.717) is 16.7 Å². The summed E-state index contributed by atoms with van der Waals surface area (Å²) in [6.45, 7) is 0. The Morgan fingerprint density at radius 3 is 2.59 bits per heavy atom. The number of fused-ring (bicyclic) bond motifs is 1. The van der Waals surface area contributed by atoms with Crippen LogP contribution in [0.2, 0.25) is 0 Å². The van der Waals surface area contributed by atoms with Crippen LogP contribution in [0.1, 0.15) is 49.4 Å². The van der Waals surface area contributed by atoms with Crippen LogP contribution in [-0.2, 0) is 0 Å². The maximum Gasteiger partial charge on any atom is 0.282 e. The number of aromatic nitrogens is 2. The van der Waals surface area contributed by atoms with E-state index in [2.05, 4.69) is 37.0 Å². The van der Waals surface area contributed by atoms with Crippen LogP contribution in [0, 0.1) is 0 Å². The van der Waals surface area contributed by atoms with Gasteiger partial charge in [-0.1, -0.05) is 51.1 Å². The normalized spacial score (nSPS) is 15.3. The SMILES string of the molecule is COc1ccc(Br)cc1C=Nn1c(C2CCCCC2)nc2ccc(Br)cc2c1=O. The lowest BCUT2D eigenvalue weighted by Gasteiger charge is -2.22. The average molecular weight is 519 g/mol. The summed E-state index contributed by atoms with van der Waals surface area (Å²) in [5.74, 6) is 1.68. The van der Waals surface area contributed by atoms with E-state index < -0.39 is 0 Å². The Bertz CT molecular complexity index is 1130. The largest absolute Gasteiger partial charge is 0.496 e. The lowest BCUT2D eigenvalue weighted by Crippen LogP contribution is -2.25. The Morgan fingerprint density at radius 2 is 1.83 bits per heavy atom. The van der Waals surface area contributed by atoms with Gasteiger partial charge in [0.1, 0.15) is 11.6 Å². The maximum atomic E-state index is 13.3. The van der Waals surface area contributed by atoms with Gasteiger partial charge in [-0.25, -0.2) is 4.98 Å². The summed E-state index contributed by atoms with van der Waals surface area (Å²) in [5.41, 5.74) is 1.35. The molecule has 1 saturated carbocycles. The molecule has 0 unspecified atom stereocenters. The fourth-order valence-electron chi connectivity index (χ4n) is 3.83. The van der Waals surface area contributed by atoms with Gasteiger partial charge in [-0.3, -0.25) is 4.79 Å². The summed E-state index contributed by atoms with van der Waals surface area (Å²) in [5, 5.41) is 5.13. The first kappa shape index (κ1) is 20.3. The molecule has 1 aliphatic carbocycles. The lowest BCUT2D eigenvalue weighted by molar-refractivity contribution is 0.413. The van der Waals surface area contributed by atoms with Crippen molar-refractivity contribution in [1.82, 2.24) is 9.66 Å². The molecule has 1 aromatic heterocycles. The summed E-state index contributed by atoms with van der Waals surface area (Å²) in [4.78, 5) is 18.2. The summed E-state index contributed by atoms with van der Waals surface area (Å²) in [7, 11) is 1.62. The molecule has 0 N–H and O–H groups in total. The number of methoxy groups -OCH3 is 1. The Hall–Kier alpha value is -1.99. The van der Waals surface area contributed by atoms with E-state index in [4.69, 9.17) is 9.72 Å². The van der Waals surface area contributed by atoms with Gasteiger partial charge in [0.05, 0.1) is 24.2 Å². The van der Waals surface area contributed by atoms with Crippen molar-refractivity contribution in [3.8, 4) is 5.75 Å². The molecule has 0 radical (unpaired) electrons. The average Bonchev–Trinajstić information content (AvgIpc) is 2.74. The molecule has 4 rings (SSSR count). The summed E-state index contributed by atoms with van der Waals surface area (Å²) in [6.07, 6.45) is 7.28. The predicted octanol–water partition coefficient (Wildman–Crippen LogP) is 5.86. The molecule has 7 heteroatoms. The molecular weight excluding hydrogens is 498 g/mol. The van der Waals surface area contributed by atoms with Gasteiger partial charge >= 0.3 is 0 Å². The molecule has 0 bridgehead atoms. The zero-order valence-electron chi connectivity index (χ0n) is 16.1. The van der Waals surface area contributed by atoms with Crippen LogP contribution in [0.15, 0.2) is 55.2 Å². The Kier molecular flexibility index (Phi) is 6.15. The second-order valence-electron chi connectivity index (χ2n) is 7.21. The third kappa shape index (κ3) is 4.31. The quantitative estimate of drug-likeness (QED) is 0.406. The van der Waals surface area contributed by atoms with Gasteiger partial charge in [0.25, 0.3) is 5.56 Å². The number of nitrogens with zero attached hydrogens (tertiary/aromatic N) is 3. The van der Waals surface area contributed by atoms with E-state index in [1.807, 2.05) is 30.3 Å². The number of ether oxygens (including phenoxy) is 1. The minimum atomic E-state index is -0.151. The fraction of sp³-hybridized carbons (Fsp3) is 0.318. The van der Waals surface area contributed by atoms with Crippen molar-refractivity contribution in [1.29, 1.82) is 0 Å². The second-order valence-corrected chi connectivity index (χ2v) is 9.05. The number of halogens is 2. The van der Waals surface area contributed by atoms with Gasteiger partial charge in [0.15, 0.2) is 0 Å².